The standard InChI is InChI=1S/C10H17N3O2/c1-10(2,3)9-6(5-12-13-9)7(11)4-8(14)15/h5,7H,4,11H2,1-3H3,(H,12,13)(H,14,15). The predicted molar refractivity (Wildman–Crippen MR) is 56.5 cm³/mol. The van der Waals surface area contributed by atoms with Gasteiger partial charge < -0.3 is 10.8 Å². The minimum Gasteiger partial charge on any atom is -0.481 e. The van der Waals surface area contributed by atoms with Crippen LogP contribution in [0.25, 0.3) is 0 Å². The van der Waals surface area contributed by atoms with E-state index in [1.165, 1.54) is 0 Å². The van der Waals surface area contributed by atoms with Crippen molar-refractivity contribution in [3.63, 3.8) is 0 Å². The van der Waals surface area contributed by atoms with E-state index < -0.39 is 12.0 Å². The van der Waals surface area contributed by atoms with Gasteiger partial charge in [-0.15, -0.1) is 0 Å². The Bertz CT molecular complexity index is 352. The van der Waals surface area contributed by atoms with E-state index in [-0.39, 0.29) is 11.8 Å². The van der Waals surface area contributed by atoms with E-state index in [9.17, 15) is 4.79 Å². The quantitative estimate of drug-likeness (QED) is 0.700. The summed E-state index contributed by atoms with van der Waals surface area (Å²) in [6.07, 6.45) is 1.52. The Hall–Kier alpha value is -1.36. The van der Waals surface area contributed by atoms with Crippen molar-refractivity contribution in [1.29, 1.82) is 0 Å². The molecule has 0 amide bonds. The molecule has 0 aliphatic heterocycles. The van der Waals surface area contributed by atoms with Crippen LogP contribution in [-0.4, -0.2) is 21.3 Å². The van der Waals surface area contributed by atoms with Gasteiger partial charge in [0.15, 0.2) is 0 Å². The van der Waals surface area contributed by atoms with E-state index >= 15 is 0 Å². The van der Waals surface area contributed by atoms with Crippen molar-refractivity contribution in [1.82, 2.24) is 10.2 Å². The molecule has 1 aromatic heterocycles. The van der Waals surface area contributed by atoms with Crippen LogP contribution in [0.5, 0.6) is 0 Å². The molecule has 0 radical (unpaired) electrons. The van der Waals surface area contributed by atoms with Crippen LogP contribution >= 0.6 is 0 Å². The number of nitrogens with one attached hydrogen (secondary N) is 1. The van der Waals surface area contributed by atoms with Crippen LogP contribution in [0.4, 0.5) is 0 Å². The molecule has 1 atom stereocenters. The molecule has 5 nitrogen and oxygen atoms in total. The normalized spacial score (nSPS) is 13.9. The number of carboxylic acid groups (broad SMARTS) is 1. The number of nitrogens with two attached hydrogens (primary N) is 1. The van der Waals surface area contributed by atoms with Crippen LogP contribution in [0.2, 0.25) is 0 Å². The molecule has 84 valence electrons. The zero-order chi connectivity index (χ0) is 11.6. The molecule has 0 bridgehead atoms. The smallest absolute Gasteiger partial charge is 0.305 e. The van der Waals surface area contributed by atoms with Crippen molar-refractivity contribution in [3.8, 4) is 0 Å². The average Bonchev–Trinajstić information content (AvgIpc) is 2.48. The van der Waals surface area contributed by atoms with Gasteiger partial charge in [0.1, 0.15) is 0 Å². The van der Waals surface area contributed by atoms with Crippen LogP contribution < -0.4 is 5.73 Å². The summed E-state index contributed by atoms with van der Waals surface area (Å²) >= 11 is 0. The molecular formula is C10H17N3O2. The molecule has 1 heterocycles. The molecule has 5 heteroatoms. The van der Waals surface area contributed by atoms with Crippen molar-refractivity contribution in [2.45, 2.75) is 38.6 Å². The molecule has 15 heavy (non-hydrogen) atoms. The molecule has 0 fully saturated rings. The van der Waals surface area contributed by atoms with Gasteiger partial charge in [-0.3, -0.25) is 9.89 Å². The summed E-state index contributed by atoms with van der Waals surface area (Å²) in [5.41, 5.74) is 7.37. The number of aliphatic carboxylic acids is 1. The van der Waals surface area contributed by atoms with E-state index in [4.69, 9.17) is 10.8 Å². The molecule has 0 saturated heterocycles. The first kappa shape index (κ1) is 11.7. The highest BCUT2D eigenvalue weighted by atomic mass is 16.4. The van der Waals surface area contributed by atoms with E-state index in [0.717, 1.165) is 11.3 Å². The number of carbonyl (C=O) groups is 1. The molecule has 0 aliphatic rings. The van der Waals surface area contributed by atoms with Gasteiger partial charge in [-0.25, -0.2) is 0 Å². The fourth-order valence-electron chi connectivity index (χ4n) is 1.48. The Kier molecular flexibility index (Phi) is 3.14. The summed E-state index contributed by atoms with van der Waals surface area (Å²) < 4.78 is 0. The van der Waals surface area contributed by atoms with Gasteiger partial charge in [0.05, 0.1) is 12.6 Å². The number of aromatic nitrogens is 2. The predicted octanol–water partition coefficient (Wildman–Crippen LogP) is 1.18. The average molecular weight is 211 g/mol. The third kappa shape index (κ3) is 2.79. The SMILES string of the molecule is CC(C)(C)c1[nH]ncc1C(N)CC(=O)O. The lowest BCUT2D eigenvalue weighted by molar-refractivity contribution is -0.137. The molecule has 1 aromatic rings. The third-order valence-electron chi connectivity index (χ3n) is 2.21. The molecule has 1 rings (SSSR count). The van der Waals surface area contributed by atoms with Crippen LogP contribution in [-0.2, 0) is 10.2 Å². The van der Waals surface area contributed by atoms with Gasteiger partial charge in [-0.2, -0.15) is 5.10 Å². The minimum absolute atomic E-state index is 0.0807. The first-order valence-electron chi connectivity index (χ1n) is 4.83. The number of aromatic amines is 1. The second kappa shape index (κ2) is 4.02. The summed E-state index contributed by atoms with van der Waals surface area (Å²) in [6, 6.07) is -0.504. The zero-order valence-electron chi connectivity index (χ0n) is 9.24. The second-order valence-corrected chi connectivity index (χ2v) is 4.65. The highest BCUT2D eigenvalue weighted by Gasteiger charge is 2.24. The van der Waals surface area contributed by atoms with Crippen molar-refractivity contribution < 1.29 is 9.90 Å². The summed E-state index contributed by atoms with van der Waals surface area (Å²) in [4.78, 5) is 10.6. The lowest BCUT2D eigenvalue weighted by Gasteiger charge is -2.20. The van der Waals surface area contributed by atoms with Gasteiger partial charge in [0.25, 0.3) is 0 Å². The topological polar surface area (TPSA) is 92.0 Å². The van der Waals surface area contributed by atoms with Crippen LogP contribution in [0.3, 0.4) is 0 Å². The molecular weight excluding hydrogens is 194 g/mol. The molecule has 0 aliphatic carbocycles. The van der Waals surface area contributed by atoms with E-state index in [2.05, 4.69) is 10.2 Å². The number of carboxylic acids is 1. The summed E-state index contributed by atoms with van der Waals surface area (Å²) in [5, 5.41) is 15.5. The number of H-pyrrole nitrogens is 1. The third-order valence-corrected chi connectivity index (χ3v) is 2.21. The van der Waals surface area contributed by atoms with Crippen LogP contribution in [0, 0.1) is 0 Å². The monoisotopic (exact) mass is 211 g/mol. The molecule has 4 N–H and O–H groups in total. The van der Waals surface area contributed by atoms with Crippen molar-refractivity contribution in [2.75, 3.05) is 0 Å². The summed E-state index contributed by atoms with van der Waals surface area (Å²) in [6.45, 7) is 6.08. The number of rotatable bonds is 3. The largest absolute Gasteiger partial charge is 0.481 e. The maximum Gasteiger partial charge on any atom is 0.305 e. The van der Waals surface area contributed by atoms with Gasteiger partial charge in [0.2, 0.25) is 0 Å². The molecule has 1 unspecified atom stereocenters. The van der Waals surface area contributed by atoms with E-state index in [1.807, 2.05) is 20.8 Å². The van der Waals surface area contributed by atoms with Gasteiger partial charge in [0, 0.05) is 22.7 Å². The Morgan fingerprint density at radius 3 is 2.73 bits per heavy atom. The minimum atomic E-state index is -0.899. The highest BCUT2D eigenvalue weighted by Crippen LogP contribution is 2.27. The van der Waals surface area contributed by atoms with Gasteiger partial charge in [-0.05, 0) is 0 Å². The Morgan fingerprint density at radius 2 is 2.27 bits per heavy atom. The molecule has 0 spiro atoms. The lowest BCUT2D eigenvalue weighted by Crippen LogP contribution is -2.21. The summed E-state index contributed by atoms with van der Waals surface area (Å²) in [7, 11) is 0. The maximum atomic E-state index is 10.6. The number of nitrogens with zero attached hydrogens (tertiary/aromatic N) is 1. The second-order valence-electron chi connectivity index (χ2n) is 4.65. The first-order valence-corrected chi connectivity index (χ1v) is 4.83. The zero-order valence-corrected chi connectivity index (χ0v) is 9.24. The number of hydrogen-bond donors (Lipinski definition) is 3. The Balaban J connectivity index is 2.95. The number of hydrogen-bond acceptors (Lipinski definition) is 3. The fraction of sp³-hybridized carbons (Fsp3) is 0.600. The maximum absolute atomic E-state index is 10.6. The van der Waals surface area contributed by atoms with Crippen molar-refractivity contribution in [3.05, 3.63) is 17.5 Å². The van der Waals surface area contributed by atoms with Crippen LogP contribution in [0.15, 0.2) is 6.20 Å². The van der Waals surface area contributed by atoms with E-state index in [0.29, 0.717) is 0 Å². The van der Waals surface area contributed by atoms with Crippen molar-refractivity contribution >= 4 is 5.97 Å². The first-order chi connectivity index (χ1) is 6.82. The highest BCUT2D eigenvalue weighted by molar-refractivity contribution is 5.68. The lowest BCUT2D eigenvalue weighted by atomic mass is 9.87. The van der Waals surface area contributed by atoms with Crippen molar-refractivity contribution in [2.24, 2.45) is 5.73 Å². The van der Waals surface area contributed by atoms with E-state index in [1.54, 1.807) is 6.20 Å². The van der Waals surface area contributed by atoms with Gasteiger partial charge in [-0.1, -0.05) is 20.8 Å². The Morgan fingerprint density at radius 1 is 1.67 bits per heavy atom. The summed E-state index contributed by atoms with van der Waals surface area (Å²) in [5.74, 6) is -0.899. The molecule has 0 aromatic carbocycles. The molecule has 0 saturated carbocycles. The fourth-order valence-corrected chi connectivity index (χ4v) is 1.48. The van der Waals surface area contributed by atoms with Crippen LogP contribution in [0.1, 0.15) is 44.5 Å². The van der Waals surface area contributed by atoms with Gasteiger partial charge >= 0.3 is 5.97 Å². The Labute approximate surface area is 88.7 Å².